The lowest BCUT2D eigenvalue weighted by atomic mass is 9.94. The Morgan fingerprint density at radius 2 is 1.75 bits per heavy atom. The molecule has 0 saturated carbocycles. The lowest BCUT2D eigenvalue weighted by Crippen LogP contribution is -2.31. The van der Waals surface area contributed by atoms with Crippen molar-refractivity contribution in [3.8, 4) is 5.75 Å². The van der Waals surface area contributed by atoms with Gasteiger partial charge in [0.1, 0.15) is 18.1 Å². The summed E-state index contributed by atoms with van der Waals surface area (Å²) in [5, 5.41) is 11.3. The van der Waals surface area contributed by atoms with Crippen molar-refractivity contribution in [2.24, 2.45) is 0 Å². The van der Waals surface area contributed by atoms with Crippen LogP contribution in [0.25, 0.3) is 5.76 Å². The van der Waals surface area contributed by atoms with E-state index in [0.717, 1.165) is 22.3 Å². The maximum atomic E-state index is 13.2. The van der Waals surface area contributed by atoms with Gasteiger partial charge in [0.25, 0.3) is 11.7 Å². The molecule has 1 amide bonds. The van der Waals surface area contributed by atoms with Gasteiger partial charge in [-0.25, -0.2) is 0 Å². The summed E-state index contributed by atoms with van der Waals surface area (Å²) in [5.74, 6) is -0.797. The number of benzene rings is 3. The fraction of sp³-hybridized carbons (Fsp3) is 0.267. The van der Waals surface area contributed by atoms with E-state index in [1.54, 1.807) is 25.3 Å². The number of hydrogen-bond acceptors (Lipinski definition) is 5. The molecule has 0 aliphatic carbocycles. The number of rotatable bonds is 9. The summed E-state index contributed by atoms with van der Waals surface area (Å²) >= 11 is 0. The molecule has 1 saturated heterocycles. The van der Waals surface area contributed by atoms with E-state index in [0.29, 0.717) is 37.5 Å². The number of methoxy groups -OCH3 is 1. The number of aliphatic hydroxyl groups excluding tert-OH is 1. The number of ether oxygens (including phenoxy) is 2. The topological polar surface area (TPSA) is 76.1 Å². The van der Waals surface area contributed by atoms with Gasteiger partial charge in [0.05, 0.1) is 11.6 Å². The average molecular weight is 486 g/mol. The minimum Gasteiger partial charge on any atom is -0.507 e. The van der Waals surface area contributed by atoms with Crippen molar-refractivity contribution < 1.29 is 24.2 Å². The largest absolute Gasteiger partial charge is 0.507 e. The predicted molar refractivity (Wildman–Crippen MR) is 139 cm³/mol. The Hall–Kier alpha value is -3.90. The molecule has 1 unspecified atom stereocenters. The maximum absolute atomic E-state index is 13.2. The molecule has 1 heterocycles. The van der Waals surface area contributed by atoms with Crippen molar-refractivity contribution in [2.75, 3.05) is 20.3 Å². The van der Waals surface area contributed by atoms with E-state index >= 15 is 0 Å². The Labute approximate surface area is 211 Å². The lowest BCUT2D eigenvalue weighted by molar-refractivity contribution is -0.140. The molecule has 0 radical (unpaired) electrons. The molecule has 1 aliphatic heterocycles. The Balaban J connectivity index is 1.69. The summed E-state index contributed by atoms with van der Waals surface area (Å²) in [6, 6.07) is 22.1. The summed E-state index contributed by atoms with van der Waals surface area (Å²) in [5.41, 5.74) is 4.22. The first-order chi connectivity index (χ1) is 17.4. The number of amides is 1. The molecule has 0 bridgehead atoms. The van der Waals surface area contributed by atoms with Gasteiger partial charge >= 0.3 is 0 Å². The minimum atomic E-state index is -0.682. The van der Waals surface area contributed by atoms with Gasteiger partial charge in [-0.05, 0) is 55.2 Å². The van der Waals surface area contributed by atoms with E-state index < -0.39 is 17.7 Å². The Morgan fingerprint density at radius 3 is 2.44 bits per heavy atom. The third kappa shape index (κ3) is 5.34. The van der Waals surface area contributed by atoms with E-state index in [2.05, 4.69) is 0 Å². The van der Waals surface area contributed by atoms with Gasteiger partial charge in [0, 0.05) is 25.8 Å². The number of aliphatic hydroxyl groups is 1. The summed E-state index contributed by atoms with van der Waals surface area (Å²) in [4.78, 5) is 27.7. The van der Waals surface area contributed by atoms with Crippen LogP contribution in [0.4, 0.5) is 0 Å². The molecule has 6 nitrogen and oxygen atoms in total. The SMILES string of the molecule is COCCCN1C(=O)C(=O)/C(=C(\O)c2ccc(OCc3ccccc3)c(C)c2)C1c1cccc(C)c1. The van der Waals surface area contributed by atoms with Gasteiger partial charge in [0.2, 0.25) is 0 Å². The zero-order valence-corrected chi connectivity index (χ0v) is 20.9. The number of nitrogens with zero attached hydrogens (tertiary/aromatic N) is 1. The molecule has 1 N–H and O–H groups in total. The van der Waals surface area contributed by atoms with Crippen LogP contribution in [-0.2, 0) is 20.9 Å². The Bertz CT molecular complexity index is 1280. The van der Waals surface area contributed by atoms with Crippen LogP contribution < -0.4 is 4.74 Å². The molecule has 6 heteroatoms. The number of aryl methyl sites for hydroxylation is 2. The van der Waals surface area contributed by atoms with Crippen LogP contribution in [0.1, 0.15) is 40.3 Å². The fourth-order valence-electron chi connectivity index (χ4n) is 4.53. The number of ketones is 1. The molecule has 4 rings (SSSR count). The van der Waals surface area contributed by atoms with Gasteiger partial charge in [-0.1, -0.05) is 60.2 Å². The second-order valence-electron chi connectivity index (χ2n) is 9.01. The van der Waals surface area contributed by atoms with E-state index in [4.69, 9.17) is 9.47 Å². The van der Waals surface area contributed by atoms with E-state index in [1.165, 1.54) is 4.90 Å². The van der Waals surface area contributed by atoms with E-state index in [1.807, 2.05) is 68.4 Å². The molecule has 3 aromatic rings. The van der Waals surface area contributed by atoms with Crippen LogP contribution in [0, 0.1) is 13.8 Å². The van der Waals surface area contributed by atoms with Crippen molar-refractivity contribution >= 4 is 17.4 Å². The highest BCUT2D eigenvalue weighted by molar-refractivity contribution is 6.46. The van der Waals surface area contributed by atoms with E-state index in [9.17, 15) is 14.7 Å². The molecule has 1 aliphatic rings. The average Bonchev–Trinajstić information content (AvgIpc) is 3.13. The molecule has 1 atom stereocenters. The monoisotopic (exact) mass is 485 g/mol. The second-order valence-corrected chi connectivity index (χ2v) is 9.01. The highest BCUT2D eigenvalue weighted by atomic mass is 16.5. The van der Waals surface area contributed by atoms with E-state index in [-0.39, 0.29) is 11.3 Å². The van der Waals surface area contributed by atoms with Crippen LogP contribution in [0.3, 0.4) is 0 Å². The van der Waals surface area contributed by atoms with Crippen molar-refractivity contribution in [3.63, 3.8) is 0 Å². The maximum Gasteiger partial charge on any atom is 0.295 e. The number of carbonyl (C=O) groups excluding carboxylic acids is 2. The van der Waals surface area contributed by atoms with Crippen molar-refractivity contribution in [2.45, 2.75) is 32.9 Å². The van der Waals surface area contributed by atoms with Crippen LogP contribution >= 0.6 is 0 Å². The summed E-state index contributed by atoms with van der Waals surface area (Å²) in [6.07, 6.45) is 0.582. The number of hydrogen-bond donors (Lipinski definition) is 1. The quantitative estimate of drug-likeness (QED) is 0.192. The third-order valence-electron chi connectivity index (χ3n) is 6.33. The first-order valence-corrected chi connectivity index (χ1v) is 12.0. The fourth-order valence-corrected chi connectivity index (χ4v) is 4.53. The molecule has 36 heavy (non-hydrogen) atoms. The van der Waals surface area contributed by atoms with Crippen molar-refractivity contribution in [3.05, 3.63) is 106 Å². The minimum absolute atomic E-state index is 0.0976. The standard InChI is InChI=1S/C30H31NO5/c1-20-9-7-12-23(17-20)27-26(29(33)30(34)31(27)15-8-16-35-3)28(32)24-13-14-25(21(2)18-24)36-19-22-10-5-4-6-11-22/h4-7,9-14,17-18,27,32H,8,15-16,19H2,1-3H3/b28-26-. The number of carbonyl (C=O) groups is 2. The molecular weight excluding hydrogens is 454 g/mol. The van der Waals surface area contributed by atoms with Crippen molar-refractivity contribution in [1.82, 2.24) is 4.90 Å². The highest BCUT2D eigenvalue weighted by Gasteiger charge is 2.45. The first-order valence-electron chi connectivity index (χ1n) is 12.0. The van der Waals surface area contributed by atoms with Crippen LogP contribution in [0.15, 0.2) is 78.4 Å². The van der Waals surface area contributed by atoms with Crippen LogP contribution in [0.5, 0.6) is 5.75 Å². The molecule has 186 valence electrons. The molecule has 3 aromatic carbocycles. The van der Waals surface area contributed by atoms with Gasteiger partial charge in [0.15, 0.2) is 0 Å². The van der Waals surface area contributed by atoms with Crippen LogP contribution in [-0.4, -0.2) is 42.0 Å². The van der Waals surface area contributed by atoms with Gasteiger partial charge in [-0.2, -0.15) is 0 Å². The van der Waals surface area contributed by atoms with Crippen LogP contribution in [0.2, 0.25) is 0 Å². The van der Waals surface area contributed by atoms with Gasteiger partial charge < -0.3 is 19.5 Å². The smallest absolute Gasteiger partial charge is 0.295 e. The Kier molecular flexibility index (Phi) is 7.86. The summed E-state index contributed by atoms with van der Waals surface area (Å²) in [6.45, 7) is 5.08. The summed E-state index contributed by atoms with van der Waals surface area (Å²) < 4.78 is 11.1. The third-order valence-corrected chi connectivity index (χ3v) is 6.33. The number of likely N-dealkylation sites (tertiary alicyclic amines) is 1. The Morgan fingerprint density at radius 1 is 0.972 bits per heavy atom. The molecule has 0 spiro atoms. The molecule has 0 aromatic heterocycles. The first kappa shape index (κ1) is 25.2. The summed E-state index contributed by atoms with van der Waals surface area (Å²) in [7, 11) is 1.60. The van der Waals surface area contributed by atoms with Gasteiger partial charge in [-0.15, -0.1) is 0 Å². The highest BCUT2D eigenvalue weighted by Crippen LogP contribution is 2.40. The number of Topliss-reactive ketones (excluding diaryl/α,β-unsaturated/α-hetero) is 1. The van der Waals surface area contributed by atoms with Gasteiger partial charge in [-0.3, -0.25) is 9.59 Å². The molecular formula is C30H31NO5. The predicted octanol–water partition coefficient (Wildman–Crippen LogP) is 5.34. The normalized spacial score (nSPS) is 17.0. The van der Waals surface area contributed by atoms with Crippen molar-refractivity contribution in [1.29, 1.82) is 0 Å². The second kappa shape index (κ2) is 11.2. The zero-order valence-electron chi connectivity index (χ0n) is 20.9. The lowest BCUT2D eigenvalue weighted by Gasteiger charge is -2.25. The zero-order chi connectivity index (χ0) is 25.7. The molecule has 1 fully saturated rings.